The van der Waals surface area contributed by atoms with Gasteiger partial charge < -0.3 is 0 Å². The molecule has 0 radical (unpaired) electrons. The van der Waals surface area contributed by atoms with Gasteiger partial charge in [0.15, 0.2) is 0 Å². The van der Waals surface area contributed by atoms with E-state index in [1.165, 1.54) is 10.0 Å². The molecule has 6 heteroatoms. The Hall–Kier alpha value is -1.14. The molecule has 0 unspecified atom stereocenters. The molecule has 0 aromatic carbocycles. The summed E-state index contributed by atoms with van der Waals surface area (Å²) in [6.45, 7) is 0. The molecule has 0 heterocycles. The third-order valence-electron chi connectivity index (χ3n) is 0.857. The van der Waals surface area contributed by atoms with Crippen LogP contribution in [-0.2, 0) is 9.59 Å². The van der Waals surface area contributed by atoms with Crippen molar-refractivity contribution < 1.29 is 9.59 Å². The topological polar surface area (TPSA) is 64.7 Å². The maximum absolute atomic E-state index is 10.9. The van der Waals surface area contributed by atoms with Crippen LogP contribution in [0.3, 0.4) is 0 Å². The van der Waals surface area contributed by atoms with E-state index in [0.29, 0.717) is 0 Å². The van der Waals surface area contributed by atoms with Gasteiger partial charge in [-0.3, -0.25) is 20.4 Å². The number of nitrogens with zero attached hydrogens (tertiary/aromatic N) is 2. The van der Waals surface area contributed by atoms with E-state index < -0.39 is 11.8 Å². The highest BCUT2D eigenvalue weighted by Gasteiger charge is 2.13. The van der Waals surface area contributed by atoms with Gasteiger partial charge in [0.25, 0.3) is 0 Å². The Kier molecular flexibility index (Phi) is 4.24. The average Bonchev–Trinajstić information content (AvgIpc) is 1.84. The molecular weight excluding hydrogens is 160 g/mol. The molecule has 12 heavy (non-hydrogen) atoms. The second-order valence-corrected chi connectivity index (χ2v) is 2.67. The Morgan fingerprint density at radius 1 is 0.833 bits per heavy atom. The summed E-state index contributed by atoms with van der Waals surface area (Å²) in [5.74, 6) is -1.37. The van der Waals surface area contributed by atoms with Gasteiger partial charge in [-0.05, 0) is 0 Å². The van der Waals surface area contributed by atoms with E-state index in [1.807, 2.05) is 0 Å². The molecule has 0 aliphatic carbocycles. The number of nitrogens with one attached hydrogen (secondary N) is 2. The van der Waals surface area contributed by atoms with Crippen LogP contribution < -0.4 is 10.9 Å². The number of hydrazine groups is 2. The van der Waals surface area contributed by atoms with Gasteiger partial charge in [0.1, 0.15) is 0 Å². The maximum Gasteiger partial charge on any atom is 0.324 e. The Bertz CT molecular complexity index is 158. The van der Waals surface area contributed by atoms with Crippen molar-refractivity contribution in [1.29, 1.82) is 0 Å². The molecule has 0 aliphatic heterocycles. The number of hydrogen-bond donors (Lipinski definition) is 2. The Morgan fingerprint density at radius 2 is 1.08 bits per heavy atom. The van der Waals surface area contributed by atoms with Crippen molar-refractivity contribution in [2.24, 2.45) is 0 Å². The minimum atomic E-state index is -0.686. The molecular formula is C6H14N4O2. The minimum absolute atomic E-state index is 0.686. The largest absolute Gasteiger partial charge is 0.324 e. The molecule has 0 rings (SSSR count). The fourth-order valence-electron chi connectivity index (χ4n) is 0.508. The van der Waals surface area contributed by atoms with Gasteiger partial charge in [0.05, 0.1) is 0 Å². The quantitative estimate of drug-likeness (QED) is 0.382. The molecule has 0 fully saturated rings. The lowest BCUT2D eigenvalue weighted by molar-refractivity contribution is -0.143. The standard InChI is InChI=1S/C6H14N4O2/c1-9(2)7-5(11)6(12)8-10(3)4/h1-4H3,(H,7,11)(H,8,12). The predicted molar refractivity (Wildman–Crippen MR) is 43.7 cm³/mol. The summed E-state index contributed by atoms with van der Waals surface area (Å²) in [5, 5.41) is 2.80. The maximum atomic E-state index is 10.9. The summed E-state index contributed by atoms with van der Waals surface area (Å²) < 4.78 is 0. The van der Waals surface area contributed by atoms with Gasteiger partial charge in [0, 0.05) is 28.2 Å². The average molecular weight is 174 g/mol. The van der Waals surface area contributed by atoms with Crippen LogP contribution in [0.1, 0.15) is 0 Å². The second kappa shape index (κ2) is 4.68. The van der Waals surface area contributed by atoms with Crippen molar-refractivity contribution in [2.45, 2.75) is 0 Å². The van der Waals surface area contributed by atoms with Crippen LogP contribution in [0.5, 0.6) is 0 Å². The number of carbonyl (C=O) groups excluding carboxylic acids is 2. The van der Waals surface area contributed by atoms with E-state index in [1.54, 1.807) is 28.2 Å². The molecule has 0 spiro atoms. The van der Waals surface area contributed by atoms with Crippen molar-refractivity contribution in [2.75, 3.05) is 28.2 Å². The van der Waals surface area contributed by atoms with Crippen molar-refractivity contribution >= 4 is 11.8 Å². The molecule has 0 bridgehead atoms. The first kappa shape index (κ1) is 10.9. The van der Waals surface area contributed by atoms with E-state index in [0.717, 1.165) is 0 Å². The predicted octanol–water partition coefficient (Wildman–Crippen LogP) is -1.83. The summed E-state index contributed by atoms with van der Waals surface area (Å²) in [4.78, 5) is 21.8. The fourth-order valence-corrected chi connectivity index (χ4v) is 0.508. The minimum Gasteiger partial charge on any atom is -0.281 e. The van der Waals surface area contributed by atoms with Gasteiger partial charge in [-0.15, -0.1) is 0 Å². The molecule has 0 aromatic rings. The lowest BCUT2D eigenvalue weighted by Crippen LogP contribution is -2.49. The normalized spacial score (nSPS) is 10.2. The highest BCUT2D eigenvalue weighted by Crippen LogP contribution is 1.71. The number of rotatable bonds is 2. The molecule has 0 atom stereocenters. The molecule has 2 N–H and O–H groups in total. The summed E-state index contributed by atoms with van der Waals surface area (Å²) in [7, 11) is 6.50. The zero-order chi connectivity index (χ0) is 9.72. The van der Waals surface area contributed by atoms with E-state index in [-0.39, 0.29) is 0 Å². The highest BCUT2D eigenvalue weighted by molar-refractivity contribution is 6.34. The number of carbonyl (C=O) groups is 2. The number of amides is 2. The van der Waals surface area contributed by atoms with Crippen LogP contribution in [0.25, 0.3) is 0 Å². The zero-order valence-corrected chi connectivity index (χ0v) is 7.71. The summed E-state index contributed by atoms with van der Waals surface area (Å²) >= 11 is 0. The van der Waals surface area contributed by atoms with Gasteiger partial charge >= 0.3 is 11.8 Å². The third kappa shape index (κ3) is 4.64. The van der Waals surface area contributed by atoms with E-state index in [9.17, 15) is 9.59 Å². The SMILES string of the molecule is CN(C)NC(=O)C(=O)NN(C)C. The third-order valence-corrected chi connectivity index (χ3v) is 0.857. The van der Waals surface area contributed by atoms with Gasteiger partial charge in [-0.25, -0.2) is 10.0 Å². The summed E-state index contributed by atoms with van der Waals surface area (Å²) in [6, 6.07) is 0. The van der Waals surface area contributed by atoms with Gasteiger partial charge in [0.2, 0.25) is 0 Å². The van der Waals surface area contributed by atoms with Crippen molar-refractivity contribution in [3.05, 3.63) is 0 Å². The van der Waals surface area contributed by atoms with Crippen LogP contribution in [0.4, 0.5) is 0 Å². The van der Waals surface area contributed by atoms with E-state index in [2.05, 4.69) is 10.9 Å². The molecule has 0 saturated carbocycles. The molecule has 70 valence electrons. The van der Waals surface area contributed by atoms with Crippen molar-refractivity contribution in [1.82, 2.24) is 20.9 Å². The molecule has 2 amide bonds. The first-order valence-electron chi connectivity index (χ1n) is 3.39. The van der Waals surface area contributed by atoms with Gasteiger partial charge in [-0.1, -0.05) is 0 Å². The number of hydrogen-bond acceptors (Lipinski definition) is 4. The first-order chi connectivity index (χ1) is 5.43. The van der Waals surface area contributed by atoms with Crippen LogP contribution in [0.2, 0.25) is 0 Å². The van der Waals surface area contributed by atoms with Crippen molar-refractivity contribution in [3.8, 4) is 0 Å². The van der Waals surface area contributed by atoms with Crippen LogP contribution >= 0.6 is 0 Å². The molecule has 0 aliphatic rings. The van der Waals surface area contributed by atoms with Crippen molar-refractivity contribution in [3.63, 3.8) is 0 Å². The second-order valence-electron chi connectivity index (χ2n) is 2.67. The van der Waals surface area contributed by atoms with E-state index >= 15 is 0 Å². The van der Waals surface area contributed by atoms with Crippen LogP contribution in [0.15, 0.2) is 0 Å². The Morgan fingerprint density at radius 3 is 1.25 bits per heavy atom. The monoisotopic (exact) mass is 174 g/mol. The molecule has 0 aromatic heterocycles. The van der Waals surface area contributed by atoms with Crippen LogP contribution in [-0.4, -0.2) is 50.0 Å². The summed E-state index contributed by atoms with van der Waals surface area (Å²) in [5.41, 5.74) is 4.61. The van der Waals surface area contributed by atoms with Gasteiger partial charge in [-0.2, -0.15) is 0 Å². The smallest absolute Gasteiger partial charge is 0.281 e. The fraction of sp³-hybridized carbons (Fsp3) is 0.667. The first-order valence-corrected chi connectivity index (χ1v) is 3.39. The molecule has 0 saturated heterocycles. The molecule has 6 nitrogen and oxygen atoms in total. The Balaban J connectivity index is 3.86. The van der Waals surface area contributed by atoms with Crippen LogP contribution in [0, 0.1) is 0 Å². The lowest BCUT2D eigenvalue weighted by atomic mass is 10.6. The highest BCUT2D eigenvalue weighted by atomic mass is 16.2. The summed E-state index contributed by atoms with van der Waals surface area (Å²) in [6.07, 6.45) is 0. The lowest BCUT2D eigenvalue weighted by Gasteiger charge is -2.14. The van der Waals surface area contributed by atoms with E-state index in [4.69, 9.17) is 0 Å². The Labute approximate surface area is 71.4 Å². The zero-order valence-electron chi connectivity index (χ0n) is 7.71.